The Labute approximate surface area is 249 Å². The molecule has 0 atom stereocenters. The Morgan fingerprint density at radius 3 is 2.07 bits per heavy atom. The lowest BCUT2D eigenvalue weighted by atomic mass is 9.99. The Morgan fingerprint density at radius 1 is 0.780 bits per heavy atom. The topological polar surface area (TPSA) is 58.6 Å². The quantitative estimate of drug-likeness (QED) is 0.148. The molecule has 5 nitrogen and oxygen atoms in total. The van der Waals surface area contributed by atoms with Gasteiger partial charge in [-0.25, -0.2) is 12.8 Å². The van der Waals surface area contributed by atoms with Crippen LogP contribution in [0, 0.1) is 5.82 Å². The van der Waals surface area contributed by atoms with Gasteiger partial charge in [-0.05, 0) is 61.2 Å². The molecule has 0 saturated heterocycles. The van der Waals surface area contributed by atoms with Gasteiger partial charge in [0.2, 0.25) is 0 Å². The average Bonchev–Trinajstić information content (AvgIpc) is 2.96. The zero-order valence-corrected chi connectivity index (χ0v) is 26.4. The van der Waals surface area contributed by atoms with Crippen LogP contribution in [0.15, 0.2) is 41.3 Å². The minimum absolute atomic E-state index is 0.0702. The Balaban J connectivity index is 1.40. The lowest BCUT2D eigenvalue weighted by Crippen LogP contribution is -2.31. The van der Waals surface area contributed by atoms with Crippen LogP contribution in [0.3, 0.4) is 0 Å². The summed E-state index contributed by atoms with van der Waals surface area (Å²) in [5.41, 5.74) is 2.18. The molecule has 2 aromatic carbocycles. The maximum absolute atomic E-state index is 14.7. The third-order valence-corrected chi connectivity index (χ3v) is 9.47. The van der Waals surface area contributed by atoms with Crippen LogP contribution in [0.5, 0.6) is 5.75 Å². The second-order valence-electron chi connectivity index (χ2n) is 11.6. The number of unbranched alkanes of at least 4 members (excludes halogenated alkanes) is 13. The molecule has 0 spiro atoms. The molecule has 3 rings (SSSR count). The van der Waals surface area contributed by atoms with Crippen molar-refractivity contribution in [2.45, 2.75) is 128 Å². The Bertz CT molecular complexity index is 1140. The molecule has 0 radical (unpaired) electrons. The molecular weight excluding hydrogens is 535 g/mol. The zero-order valence-electron chi connectivity index (χ0n) is 25.6. The van der Waals surface area contributed by atoms with Crippen LogP contribution in [0.25, 0.3) is 0 Å². The van der Waals surface area contributed by atoms with E-state index in [4.69, 9.17) is 4.74 Å². The van der Waals surface area contributed by atoms with Crippen molar-refractivity contribution in [1.82, 2.24) is 4.90 Å². The number of benzene rings is 2. The molecule has 0 aromatic heterocycles. The number of fused-ring (bicyclic) bond motifs is 1. The van der Waals surface area contributed by atoms with Gasteiger partial charge in [-0.15, -0.1) is 0 Å². The number of ether oxygens (including phenoxy) is 1. The summed E-state index contributed by atoms with van der Waals surface area (Å²) in [4.78, 5) is 2.65. The Morgan fingerprint density at radius 2 is 1.41 bits per heavy atom. The van der Waals surface area contributed by atoms with E-state index in [1.807, 2.05) is 6.07 Å². The van der Waals surface area contributed by atoms with Crippen LogP contribution in [0.1, 0.15) is 121 Å². The van der Waals surface area contributed by atoms with E-state index in [9.17, 15) is 12.8 Å². The van der Waals surface area contributed by atoms with Crippen molar-refractivity contribution in [3.63, 3.8) is 0 Å². The fraction of sp³-hybridized carbons (Fsp3) is 0.647. The van der Waals surface area contributed by atoms with Crippen molar-refractivity contribution >= 4 is 15.7 Å². The first kappa shape index (κ1) is 33.4. The molecule has 41 heavy (non-hydrogen) atoms. The van der Waals surface area contributed by atoms with E-state index in [-0.39, 0.29) is 10.6 Å². The SMILES string of the molecule is CCCCCCCCCCCCCN1CCc2cc(S(=O)(=O)Nc3ccc(OCCCCCC)cc3F)ccc2C1. The van der Waals surface area contributed by atoms with Gasteiger partial charge < -0.3 is 4.74 Å². The fourth-order valence-electron chi connectivity index (χ4n) is 5.54. The largest absolute Gasteiger partial charge is 0.493 e. The molecule has 0 unspecified atom stereocenters. The Hall–Kier alpha value is -2.12. The summed E-state index contributed by atoms with van der Waals surface area (Å²) in [5.74, 6) is -0.232. The molecule has 1 heterocycles. The fourth-order valence-corrected chi connectivity index (χ4v) is 6.65. The molecule has 0 aliphatic carbocycles. The van der Waals surface area contributed by atoms with Crippen molar-refractivity contribution in [3.8, 4) is 5.75 Å². The minimum atomic E-state index is -3.90. The van der Waals surface area contributed by atoms with E-state index in [1.54, 1.807) is 18.2 Å². The van der Waals surface area contributed by atoms with E-state index in [0.29, 0.717) is 12.4 Å². The second-order valence-corrected chi connectivity index (χ2v) is 13.3. The van der Waals surface area contributed by atoms with Gasteiger partial charge >= 0.3 is 0 Å². The number of hydrogen-bond donors (Lipinski definition) is 1. The number of anilines is 1. The molecule has 0 amide bonds. The predicted octanol–water partition coefficient (Wildman–Crippen LogP) is 9.25. The monoisotopic (exact) mass is 588 g/mol. The number of halogens is 1. The van der Waals surface area contributed by atoms with E-state index < -0.39 is 15.8 Å². The van der Waals surface area contributed by atoms with Crippen molar-refractivity contribution < 1.29 is 17.5 Å². The summed E-state index contributed by atoms with van der Waals surface area (Å²) in [7, 11) is -3.90. The van der Waals surface area contributed by atoms with Crippen LogP contribution in [0.2, 0.25) is 0 Å². The first-order valence-electron chi connectivity index (χ1n) is 16.2. The van der Waals surface area contributed by atoms with Gasteiger partial charge in [-0.2, -0.15) is 0 Å². The Kier molecular flexibility index (Phi) is 15.0. The second kappa shape index (κ2) is 18.4. The van der Waals surface area contributed by atoms with Crippen molar-refractivity contribution in [2.75, 3.05) is 24.4 Å². The molecule has 1 aliphatic heterocycles. The van der Waals surface area contributed by atoms with Crippen LogP contribution in [-0.2, 0) is 23.0 Å². The first-order chi connectivity index (χ1) is 19.9. The highest BCUT2D eigenvalue weighted by Crippen LogP contribution is 2.27. The highest BCUT2D eigenvalue weighted by atomic mass is 32.2. The van der Waals surface area contributed by atoms with Crippen LogP contribution in [-0.4, -0.2) is 33.0 Å². The summed E-state index contributed by atoms with van der Waals surface area (Å²) >= 11 is 0. The van der Waals surface area contributed by atoms with E-state index in [0.717, 1.165) is 57.3 Å². The number of rotatable bonds is 21. The summed E-state index contributed by atoms with van der Waals surface area (Å²) in [6.45, 7) is 7.83. The first-order valence-corrected chi connectivity index (χ1v) is 17.7. The maximum atomic E-state index is 14.7. The van der Waals surface area contributed by atoms with E-state index in [1.165, 1.54) is 88.3 Å². The smallest absolute Gasteiger partial charge is 0.261 e. The van der Waals surface area contributed by atoms with Crippen LogP contribution in [0.4, 0.5) is 10.1 Å². The third kappa shape index (κ3) is 12.0. The van der Waals surface area contributed by atoms with Gasteiger partial charge in [0.05, 0.1) is 17.2 Å². The van der Waals surface area contributed by atoms with Gasteiger partial charge in [0.25, 0.3) is 10.0 Å². The maximum Gasteiger partial charge on any atom is 0.261 e. The third-order valence-electron chi connectivity index (χ3n) is 8.11. The minimum Gasteiger partial charge on any atom is -0.493 e. The molecule has 0 bridgehead atoms. The van der Waals surface area contributed by atoms with Crippen molar-refractivity contribution in [1.29, 1.82) is 0 Å². The van der Waals surface area contributed by atoms with Crippen molar-refractivity contribution in [3.05, 3.63) is 53.3 Å². The molecule has 0 saturated carbocycles. The van der Waals surface area contributed by atoms with Gasteiger partial charge in [0, 0.05) is 19.2 Å². The number of sulfonamides is 1. The number of nitrogens with zero attached hydrogens (tertiary/aromatic N) is 1. The van der Waals surface area contributed by atoms with Crippen LogP contribution < -0.4 is 9.46 Å². The molecule has 1 N–H and O–H groups in total. The summed E-state index contributed by atoms with van der Waals surface area (Å²) in [5, 5.41) is 0. The number of hydrogen-bond acceptors (Lipinski definition) is 4. The summed E-state index contributed by atoms with van der Waals surface area (Å²) in [6.07, 6.45) is 19.9. The molecule has 1 aliphatic rings. The highest BCUT2D eigenvalue weighted by Gasteiger charge is 2.21. The lowest BCUT2D eigenvalue weighted by molar-refractivity contribution is 0.247. The van der Waals surface area contributed by atoms with Crippen LogP contribution >= 0.6 is 0 Å². The normalized spacial score (nSPS) is 13.7. The highest BCUT2D eigenvalue weighted by molar-refractivity contribution is 7.92. The van der Waals surface area contributed by atoms with Crippen molar-refractivity contribution in [2.24, 2.45) is 0 Å². The predicted molar refractivity (Wildman–Crippen MR) is 169 cm³/mol. The lowest BCUT2D eigenvalue weighted by Gasteiger charge is -2.29. The summed E-state index contributed by atoms with van der Waals surface area (Å²) < 4.78 is 48.9. The average molecular weight is 589 g/mol. The molecule has 230 valence electrons. The molecule has 7 heteroatoms. The molecule has 0 fully saturated rings. The molecule has 2 aromatic rings. The molecular formula is C34H53FN2O3S. The van der Waals surface area contributed by atoms with E-state index >= 15 is 0 Å². The summed E-state index contributed by atoms with van der Waals surface area (Å²) in [6, 6.07) is 9.59. The zero-order chi connectivity index (χ0) is 29.3. The van der Waals surface area contributed by atoms with Gasteiger partial charge in [0.15, 0.2) is 5.82 Å². The van der Waals surface area contributed by atoms with E-state index in [2.05, 4.69) is 23.5 Å². The standard InChI is InChI=1S/C34H53FN2O3S/c1-3-5-7-9-10-11-12-13-14-15-16-23-37-24-22-29-26-32(20-18-30(29)28-37)41(38,39)36-34-21-19-31(27-33(34)35)40-25-17-8-6-4-2/h18-21,26-27,36H,3-17,22-25,28H2,1-2H3. The van der Waals surface area contributed by atoms with Gasteiger partial charge in [0.1, 0.15) is 5.75 Å². The van der Waals surface area contributed by atoms with Gasteiger partial charge in [-0.1, -0.05) is 103 Å². The number of nitrogens with one attached hydrogen (secondary N) is 1. The van der Waals surface area contributed by atoms with Gasteiger partial charge in [-0.3, -0.25) is 9.62 Å².